The molecule has 1 unspecified atom stereocenters. The van der Waals surface area contributed by atoms with Gasteiger partial charge in [0, 0.05) is 19.2 Å². The molecule has 1 aromatic rings. The first-order valence-corrected chi connectivity index (χ1v) is 5.46. The number of benzene rings is 1. The molecule has 0 aliphatic carbocycles. The monoisotopic (exact) mass is 235 g/mol. The molecule has 92 valence electrons. The summed E-state index contributed by atoms with van der Waals surface area (Å²) in [5, 5.41) is 8.78. The van der Waals surface area contributed by atoms with Crippen molar-refractivity contribution < 1.29 is 14.7 Å². The van der Waals surface area contributed by atoms with Gasteiger partial charge >= 0.3 is 5.97 Å². The van der Waals surface area contributed by atoms with E-state index in [4.69, 9.17) is 5.11 Å². The van der Waals surface area contributed by atoms with Crippen LogP contribution in [0.25, 0.3) is 0 Å². The van der Waals surface area contributed by atoms with Crippen LogP contribution in [0.5, 0.6) is 0 Å². The van der Waals surface area contributed by atoms with Gasteiger partial charge in [-0.05, 0) is 19.1 Å². The molecule has 1 rings (SSSR count). The lowest BCUT2D eigenvalue weighted by atomic mass is 10.1. The van der Waals surface area contributed by atoms with E-state index in [1.165, 1.54) is 4.90 Å². The molecule has 1 amide bonds. The number of nitrogens with zero attached hydrogens (tertiary/aromatic N) is 1. The SMILES string of the molecule is Cc1ccc(C(=O)N(C)CC(C)C(=O)O)cc1. The van der Waals surface area contributed by atoms with Crippen LogP contribution in [0, 0.1) is 12.8 Å². The van der Waals surface area contributed by atoms with Crippen molar-refractivity contribution in [1.29, 1.82) is 0 Å². The molecule has 0 spiro atoms. The highest BCUT2D eigenvalue weighted by Gasteiger charge is 2.18. The molecule has 17 heavy (non-hydrogen) atoms. The number of carbonyl (C=O) groups is 2. The van der Waals surface area contributed by atoms with Crippen molar-refractivity contribution in [3.63, 3.8) is 0 Å². The quantitative estimate of drug-likeness (QED) is 0.865. The van der Waals surface area contributed by atoms with Gasteiger partial charge in [-0.1, -0.05) is 24.6 Å². The van der Waals surface area contributed by atoms with Crippen LogP contribution in [0.4, 0.5) is 0 Å². The second-order valence-corrected chi connectivity index (χ2v) is 4.29. The molecule has 0 radical (unpaired) electrons. The van der Waals surface area contributed by atoms with Crippen molar-refractivity contribution in [3.05, 3.63) is 35.4 Å². The number of carboxylic acid groups (broad SMARTS) is 1. The Kier molecular flexibility index (Phi) is 4.26. The van der Waals surface area contributed by atoms with Crippen molar-refractivity contribution in [1.82, 2.24) is 4.90 Å². The zero-order valence-electron chi connectivity index (χ0n) is 10.3. The predicted molar refractivity (Wildman–Crippen MR) is 64.9 cm³/mol. The summed E-state index contributed by atoms with van der Waals surface area (Å²) in [6, 6.07) is 7.22. The highest BCUT2D eigenvalue weighted by atomic mass is 16.4. The van der Waals surface area contributed by atoms with E-state index >= 15 is 0 Å². The number of rotatable bonds is 4. The molecule has 1 N–H and O–H groups in total. The van der Waals surface area contributed by atoms with E-state index in [2.05, 4.69) is 0 Å². The third-order valence-corrected chi connectivity index (χ3v) is 2.61. The molecule has 1 aromatic carbocycles. The smallest absolute Gasteiger partial charge is 0.308 e. The van der Waals surface area contributed by atoms with Gasteiger partial charge in [-0.15, -0.1) is 0 Å². The third-order valence-electron chi connectivity index (χ3n) is 2.61. The van der Waals surface area contributed by atoms with Crippen molar-refractivity contribution in [3.8, 4) is 0 Å². The van der Waals surface area contributed by atoms with Crippen molar-refractivity contribution in [2.24, 2.45) is 5.92 Å². The first kappa shape index (κ1) is 13.2. The van der Waals surface area contributed by atoms with Crippen LogP contribution in [-0.4, -0.2) is 35.5 Å². The maximum Gasteiger partial charge on any atom is 0.308 e. The zero-order chi connectivity index (χ0) is 13.0. The maximum atomic E-state index is 11.9. The number of hydrogen-bond acceptors (Lipinski definition) is 2. The Hall–Kier alpha value is -1.84. The standard InChI is InChI=1S/C13H17NO3/c1-9-4-6-11(7-5-9)12(15)14(3)8-10(2)13(16)17/h4-7,10H,8H2,1-3H3,(H,16,17). The minimum absolute atomic E-state index is 0.155. The fourth-order valence-electron chi connectivity index (χ4n) is 1.49. The third kappa shape index (κ3) is 3.59. The topological polar surface area (TPSA) is 57.6 Å². The van der Waals surface area contributed by atoms with Crippen LogP contribution in [0.2, 0.25) is 0 Å². The summed E-state index contributed by atoms with van der Waals surface area (Å²) >= 11 is 0. The molecule has 0 fully saturated rings. The Morgan fingerprint density at radius 3 is 2.29 bits per heavy atom. The van der Waals surface area contributed by atoms with E-state index < -0.39 is 11.9 Å². The summed E-state index contributed by atoms with van der Waals surface area (Å²) < 4.78 is 0. The van der Waals surface area contributed by atoms with E-state index in [-0.39, 0.29) is 12.5 Å². The van der Waals surface area contributed by atoms with E-state index in [9.17, 15) is 9.59 Å². The lowest BCUT2D eigenvalue weighted by Crippen LogP contribution is -2.33. The lowest BCUT2D eigenvalue weighted by Gasteiger charge is -2.19. The Bertz CT molecular complexity index is 411. The number of hydrogen-bond donors (Lipinski definition) is 1. The van der Waals surface area contributed by atoms with E-state index in [0.717, 1.165) is 5.56 Å². The van der Waals surface area contributed by atoms with Gasteiger partial charge in [-0.2, -0.15) is 0 Å². The normalized spacial score (nSPS) is 11.9. The van der Waals surface area contributed by atoms with Gasteiger partial charge in [0.1, 0.15) is 0 Å². The molecule has 0 aliphatic heterocycles. The van der Waals surface area contributed by atoms with Gasteiger partial charge in [0.05, 0.1) is 5.92 Å². The summed E-state index contributed by atoms with van der Waals surface area (Å²) in [5.74, 6) is -1.61. The minimum atomic E-state index is -0.895. The van der Waals surface area contributed by atoms with E-state index in [1.54, 1.807) is 26.1 Å². The van der Waals surface area contributed by atoms with Gasteiger partial charge in [0.25, 0.3) is 5.91 Å². The second-order valence-electron chi connectivity index (χ2n) is 4.29. The fourth-order valence-corrected chi connectivity index (χ4v) is 1.49. The highest BCUT2D eigenvalue weighted by Crippen LogP contribution is 2.08. The number of aliphatic carboxylic acids is 1. The van der Waals surface area contributed by atoms with Gasteiger partial charge < -0.3 is 10.0 Å². The molecule has 0 saturated carbocycles. The number of carboxylic acids is 1. The van der Waals surface area contributed by atoms with E-state index in [1.807, 2.05) is 19.1 Å². The molecular formula is C13H17NO3. The average Bonchev–Trinajstić information content (AvgIpc) is 2.28. The first-order valence-electron chi connectivity index (χ1n) is 5.46. The van der Waals surface area contributed by atoms with Gasteiger partial charge in [-0.3, -0.25) is 9.59 Å². The zero-order valence-corrected chi connectivity index (χ0v) is 10.3. The van der Waals surface area contributed by atoms with Gasteiger partial charge in [0.15, 0.2) is 0 Å². The fraction of sp³-hybridized carbons (Fsp3) is 0.385. The van der Waals surface area contributed by atoms with Crippen LogP contribution in [0.3, 0.4) is 0 Å². The summed E-state index contributed by atoms with van der Waals surface area (Å²) in [7, 11) is 1.61. The molecule has 4 nitrogen and oxygen atoms in total. The molecular weight excluding hydrogens is 218 g/mol. The van der Waals surface area contributed by atoms with Crippen LogP contribution >= 0.6 is 0 Å². The number of carbonyl (C=O) groups excluding carboxylic acids is 1. The molecule has 0 aliphatic rings. The van der Waals surface area contributed by atoms with Crippen LogP contribution < -0.4 is 0 Å². The van der Waals surface area contributed by atoms with Crippen molar-refractivity contribution in [2.75, 3.05) is 13.6 Å². The molecule has 1 atom stereocenters. The predicted octanol–water partition coefficient (Wildman–Crippen LogP) is 1.79. The van der Waals surface area contributed by atoms with E-state index in [0.29, 0.717) is 5.56 Å². The Morgan fingerprint density at radius 1 is 1.29 bits per heavy atom. The van der Waals surface area contributed by atoms with Crippen molar-refractivity contribution in [2.45, 2.75) is 13.8 Å². The summed E-state index contributed by atoms with van der Waals surface area (Å²) in [6.07, 6.45) is 0. The molecule has 0 heterocycles. The largest absolute Gasteiger partial charge is 0.481 e. The molecule has 0 aromatic heterocycles. The average molecular weight is 235 g/mol. The summed E-state index contributed by atoms with van der Waals surface area (Å²) in [4.78, 5) is 24.1. The van der Waals surface area contributed by atoms with Crippen molar-refractivity contribution >= 4 is 11.9 Å². The van der Waals surface area contributed by atoms with Crippen LogP contribution in [0.1, 0.15) is 22.8 Å². The second kappa shape index (κ2) is 5.48. The Morgan fingerprint density at radius 2 is 1.82 bits per heavy atom. The van der Waals surface area contributed by atoms with Crippen LogP contribution in [0.15, 0.2) is 24.3 Å². The number of aryl methyl sites for hydroxylation is 1. The van der Waals surface area contributed by atoms with Gasteiger partial charge in [-0.25, -0.2) is 0 Å². The minimum Gasteiger partial charge on any atom is -0.481 e. The van der Waals surface area contributed by atoms with Gasteiger partial charge in [0.2, 0.25) is 0 Å². The molecule has 4 heteroatoms. The Labute approximate surface area is 101 Å². The molecule has 0 bridgehead atoms. The first-order chi connectivity index (χ1) is 7.91. The number of amides is 1. The lowest BCUT2D eigenvalue weighted by molar-refractivity contribution is -0.141. The highest BCUT2D eigenvalue weighted by molar-refractivity contribution is 5.94. The Balaban J connectivity index is 2.70. The molecule has 0 saturated heterocycles. The van der Waals surface area contributed by atoms with Crippen LogP contribution in [-0.2, 0) is 4.79 Å². The summed E-state index contributed by atoms with van der Waals surface area (Å²) in [5.41, 5.74) is 1.67. The summed E-state index contributed by atoms with van der Waals surface area (Å²) in [6.45, 7) is 3.74. The maximum absolute atomic E-state index is 11.9.